The molecule has 1 N–H and O–H groups in total. The van der Waals surface area contributed by atoms with Crippen molar-refractivity contribution in [3.05, 3.63) is 0 Å². The number of nitrogens with one attached hydrogen (secondary N) is 1. The molecule has 0 aromatic heterocycles. The van der Waals surface area contributed by atoms with E-state index in [4.69, 9.17) is 0 Å². The van der Waals surface area contributed by atoms with E-state index in [0.717, 1.165) is 12.8 Å². The molecular formula is C10H19NO3. The molecule has 82 valence electrons. The van der Waals surface area contributed by atoms with Crippen molar-refractivity contribution in [2.45, 2.75) is 33.6 Å². The van der Waals surface area contributed by atoms with Gasteiger partial charge in [-0.3, -0.25) is 9.59 Å². The molecule has 1 atom stereocenters. The smallest absolute Gasteiger partial charge is 0.325 e. The van der Waals surface area contributed by atoms with E-state index < -0.39 is 0 Å². The van der Waals surface area contributed by atoms with Gasteiger partial charge in [0.15, 0.2) is 0 Å². The van der Waals surface area contributed by atoms with Gasteiger partial charge in [0.05, 0.1) is 6.61 Å². The minimum absolute atomic E-state index is 0.0271. The monoisotopic (exact) mass is 201 g/mol. The van der Waals surface area contributed by atoms with E-state index in [2.05, 4.69) is 10.1 Å². The Balaban J connectivity index is 3.67. The lowest BCUT2D eigenvalue weighted by Gasteiger charge is -2.10. The van der Waals surface area contributed by atoms with Gasteiger partial charge in [-0.25, -0.2) is 0 Å². The number of hydrogen-bond donors (Lipinski definition) is 1. The molecule has 4 heteroatoms. The van der Waals surface area contributed by atoms with Crippen LogP contribution in [-0.2, 0) is 14.3 Å². The molecule has 1 amide bonds. The Hall–Kier alpha value is -1.06. The molecule has 0 saturated heterocycles. The van der Waals surface area contributed by atoms with Crippen LogP contribution in [-0.4, -0.2) is 25.0 Å². The van der Waals surface area contributed by atoms with E-state index in [9.17, 15) is 9.59 Å². The van der Waals surface area contributed by atoms with Crippen molar-refractivity contribution < 1.29 is 14.3 Å². The van der Waals surface area contributed by atoms with Crippen LogP contribution in [0.2, 0.25) is 0 Å². The maximum Gasteiger partial charge on any atom is 0.325 e. The molecule has 0 bridgehead atoms. The Kier molecular flexibility index (Phi) is 6.80. The Morgan fingerprint density at radius 2 is 2.00 bits per heavy atom. The van der Waals surface area contributed by atoms with Gasteiger partial charge in [0, 0.05) is 5.92 Å². The summed E-state index contributed by atoms with van der Waals surface area (Å²) in [5, 5.41) is 2.54. The van der Waals surface area contributed by atoms with Crippen LogP contribution in [0.3, 0.4) is 0 Å². The molecule has 0 heterocycles. The molecule has 0 rings (SSSR count). The number of esters is 1. The SMILES string of the molecule is CCC[C@H](C)C(=O)NCC(=O)OCC. The zero-order chi connectivity index (χ0) is 11.0. The summed E-state index contributed by atoms with van der Waals surface area (Å²) in [5.74, 6) is -0.501. The molecular weight excluding hydrogens is 182 g/mol. The topological polar surface area (TPSA) is 55.4 Å². The van der Waals surface area contributed by atoms with E-state index in [-0.39, 0.29) is 24.3 Å². The summed E-state index contributed by atoms with van der Waals surface area (Å²) in [6, 6.07) is 0. The molecule has 0 radical (unpaired) electrons. The molecule has 4 nitrogen and oxygen atoms in total. The number of rotatable bonds is 6. The highest BCUT2D eigenvalue weighted by molar-refractivity contribution is 5.83. The van der Waals surface area contributed by atoms with Crippen molar-refractivity contribution >= 4 is 11.9 Å². The summed E-state index contributed by atoms with van der Waals surface area (Å²) >= 11 is 0. The van der Waals surface area contributed by atoms with Crippen LogP contribution in [0, 0.1) is 5.92 Å². The third-order valence-corrected chi connectivity index (χ3v) is 1.88. The lowest BCUT2D eigenvalue weighted by Crippen LogP contribution is -2.34. The first-order valence-corrected chi connectivity index (χ1v) is 5.05. The average Bonchev–Trinajstić information content (AvgIpc) is 2.15. The van der Waals surface area contributed by atoms with Crippen molar-refractivity contribution in [2.24, 2.45) is 5.92 Å². The second kappa shape index (κ2) is 7.35. The summed E-state index contributed by atoms with van der Waals surface area (Å²) in [4.78, 5) is 22.2. The molecule has 0 spiro atoms. The largest absolute Gasteiger partial charge is 0.465 e. The predicted molar refractivity (Wildman–Crippen MR) is 53.7 cm³/mol. The van der Waals surface area contributed by atoms with E-state index in [0.29, 0.717) is 6.61 Å². The molecule has 0 aliphatic heterocycles. The molecule has 0 aromatic rings. The number of carbonyl (C=O) groups excluding carboxylic acids is 2. The van der Waals surface area contributed by atoms with Gasteiger partial charge in [0.2, 0.25) is 5.91 Å². The fraction of sp³-hybridized carbons (Fsp3) is 0.800. The van der Waals surface area contributed by atoms with Crippen LogP contribution < -0.4 is 5.32 Å². The quantitative estimate of drug-likeness (QED) is 0.655. The molecule has 0 saturated carbocycles. The lowest BCUT2D eigenvalue weighted by atomic mass is 10.1. The molecule has 0 aliphatic carbocycles. The first-order chi connectivity index (χ1) is 6.61. The van der Waals surface area contributed by atoms with E-state index >= 15 is 0 Å². The highest BCUT2D eigenvalue weighted by Gasteiger charge is 2.12. The highest BCUT2D eigenvalue weighted by Crippen LogP contribution is 2.03. The Labute approximate surface area is 85.0 Å². The van der Waals surface area contributed by atoms with Crippen molar-refractivity contribution in [3.63, 3.8) is 0 Å². The first-order valence-electron chi connectivity index (χ1n) is 5.05. The standard InChI is InChI=1S/C10H19NO3/c1-4-6-8(3)10(13)11-7-9(12)14-5-2/h8H,4-7H2,1-3H3,(H,11,13)/t8-/m0/s1. The summed E-state index contributed by atoms with van der Waals surface area (Å²) in [5.41, 5.74) is 0. The minimum Gasteiger partial charge on any atom is -0.465 e. The normalized spacial score (nSPS) is 11.9. The maximum absolute atomic E-state index is 11.3. The van der Waals surface area contributed by atoms with Gasteiger partial charge in [-0.2, -0.15) is 0 Å². The van der Waals surface area contributed by atoms with E-state index in [1.165, 1.54) is 0 Å². The van der Waals surface area contributed by atoms with Crippen molar-refractivity contribution in [2.75, 3.05) is 13.2 Å². The Morgan fingerprint density at radius 1 is 1.36 bits per heavy atom. The summed E-state index contributed by atoms with van der Waals surface area (Å²) < 4.78 is 4.68. The highest BCUT2D eigenvalue weighted by atomic mass is 16.5. The molecule has 0 fully saturated rings. The van der Waals surface area contributed by atoms with Crippen LogP contribution in [0.4, 0.5) is 0 Å². The minimum atomic E-state index is -0.385. The average molecular weight is 201 g/mol. The zero-order valence-corrected chi connectivity index (χ0v) is 9.13. The van der Waals surface area contributed by atoms with Crippen LogP contribution in [0.25, 0.3) is 0 Å². The van der Waals surface area contributed by atoms with Gasteiger partial charge in [-0.05, 0) is 13.3 Å². The van der Waals surface area contributed by atoms with Gasteiger partial charge in [0.25, 0.3) is 0 Å². The summed E-state index contributed by atoms with van der Waals surface area (Å²) in [7, 11) is 0. The fourth-order valence-corrected chi connectivity index (χ4v) is 1.11. The molecule has 0 aromatic carbocycles. The second-order valence-corrected chi connectivity index (χ2v) is 3.21. The van der Waals surface area contributed by atoms with Gasteiger partial charge >= 0.3 is 5.97 Å². The van der Waals surface area contributed by atoms with Gasteiger partial charge in [-0.15, -0.1) is 0 Å². The van der Waals surface area contributed by atoms with Gasteiger partial charge in [0.1, 0.15) is 6.54 Å². The van der Waals surface area contributed by atoms with E-state index in [1.807, 2.05) is 13.8 Å². The number of hydrogen-bond acceptors (Lipinski definition) is 3. The van der Waals surface area contributed by atoms with Crippen LogP contribution in [0.15, 0.2) is 0 Å². The van der Waals surface area contributed by atoms with Crippen molar-refractivity contribution in [3.8, 4) is 0 Å². The first kappa shape index (κ1) is 12.9. The third kappa shape index (κ3) is 5.56. The third-order valence-electron chi connectivity index (χ3n) is 1.88. The molecule has 14 heavy (non-hydrogen) atoms. The lowest BCUT2D eigenvalue weighted by molar-refractivity contribution is -0.143. The van der Waals surface area contributed by atoms with Gasteiger partial charge < -0.3 is 10.1 Å². The maximum atomic E-state index is 11.3. The number of amides is 1. The predicted octanol–water partition coefficient (Wildman–Crippen LogP) is 1.10. The fourth-order valence-electron chi connectivity index (χ4n) is 1.11. The number of carbonyl (C=O) groups is 2. The Bertz CT molecular complexity index is 192. The molecule has 0 unspecified atom stereocenters. The summed E-state index contributed by atoms with van der Waals surface area (Å²) in [6.45, 7) is 5.93. The summed E-state index contributed by atoms with van der Waals surface area (Å²) in [6.07, 6.45) is 1.81. The van der Waals surface area contributed by atoms with Crippen LogP contribution in [0.1, 0.15) is 33.6 Å². The van der Waals surface area contributed by atoms with Crippen LogP contribution >= 0.6 is 0 Å². The van der Waals surface area contributed by atoms with Crippen LogP contribution in [0.5, 0.6) is 0 Å². The van der Waals surface area contributed by atoms with Crippen molar-refractivity contribution in [1.82, 2.24) is 5.32 Å². The Morgan fingerprint density at radius 3 is 2.50 bits per heavy atom. The second-order valence-electron chi connectivity index (χ2n) is 3.21. The zero-order valence-electron chi connectivity index (χ0n) is 9.13. The molecule has 0 aliphatic rings. The van der Waals surface area contributed by atoms with E-state index in [1.54, 1.807) is 6.92 Å². The van der Waals surface area contributed by atoms with Crippen molar-refractivity contribution in [1.29, 1.82) is 0 Å². The van der Waals surface area contributed by atoms with Gasteiger partial charge in [-0.1, -0.05) is 20.3 Å². The number of ether oxygens (including phenoxy) is 1.